The fourth-order valence-corrected chi connectivity index (χ4v) is 7.43. The first-order chi connectivity index (χ1) is 20.7. The molecule has 266 valence electrons. The van der Waals surface area contributed by atoms with Gasteiger partial charge in [0.05, 0.1) is 18.6 Å². The topological polar surface area (TPSA) is 170 Å². The van der Waals surface area contributed by atoms with Gasteiger partial charge >= 0.3 is 29.8 Å². The minimum Gasteiger partial charge on any atom is -0.458 e. The Morgan fingerprint density at radius 2 is 0.717 bits per heavy atom. The molecule has 0 saturated heterocycles. The van der Waals surface area contributed by atoms with E-state index in [9.17, 15) is 29.1 Å². The van der Waals surface area contributed by atoms with Gasteiger partial charge in [0.25, 0.3) is 0 Å². The molecule has 0 amide bonds. The number of ether oxygens (including phenoxy) is 5. The second-order valence-electron chi connectivity index (χ2n) is 14.9. The van der Waals surface area contributed by atoms with Crippen LogP contribution in [-0.2, 0) is 56.5 Å². The molecular formula is C31H56O13Si2. The van der Waals surface area contributed by atoms with Crippen LogP contribution in [0.4, 0.5) is 0 Å². The van der Waals surface area contributed by atoms with E-state index in [1.54, 1.807) is 0 Å². The Kier molecular flexibility index (Phi) is 14.2. The lowest BCUT2D eigenvalue weighted by Crippen LogP contribution is -2.69. The molecule has 1 fully saturated rings. The summed E-state index contributed by atoms with van der Waals surface area (Å²) in [5.41, 5.74) is 0. The average Bonchev–Trinajstić information content (AvgIpc) is 2.83. The first-order valence-corrected chi connectivity index (χ1v) is 21.3. The van der Waals surface area contributed by atoms with Gasteiger partial charge in [-0.05, 0) is 36.3 Å². The fourth-order valence-electron chi connectivity index (χ4n) is 4.79. The van der Waals surface area contributed by atoms with Crippen LogP contribution in [0.25, 0.3) is 0 Å². The maximum absolute atomic E-state index is 12.8. The van der Waals surface area contributed by atoms with E-state index in [2.05, 4.69) is 0 Å². The number of esters is 5. The van der Waals surface area contributed by atoms with Gasteiger partial charge in [-0.1, -0.05) is 41.5 Å². The Morgan fingerprint density at radius 3 is 0.978 bits per heavy atom. The van der Waals surface area contributed by atoms with E-state index in [1.165, 1.54) is 0 Å². The van der Waals surface area contributed by atoms with Crippen LogP contribution in [0, 0.1) is 5.92 Å². The van der Waals surface area contributed by atoms with Gasteiger partial charge in [0.2, 0.25) is 0 Å². The largest absolute Gasteiger partial charge is 0.458 e. The van der Waals surface area contributed by atoms with Gasteiger partial charge in [0.1, 0.15) is 12.2 Å². The van der Waals surface area contributed by atoms with Gasteiger partial charge in [-0.3, -0.25) is 24.0 Å². The van der Waals surface area contributed by atoms with Crippen molar-refractivity contribution in [2.75, 3.05) is 6.61 Å². The highest BCUT2D eigenvalue weighted by Gasteiger charge is 2.60. The molecule has 1 rings (SSSR count). The van der Waals surface area contributed by atoms with Crippen LogP contribution in [0.5, 0.6) is 0 Å². The third-order valence-electron chi connectivity index (χ3n) is 8.98. The van der Waals surface area contributed by atoms with Crippen molar-refractivity contribution in [2.45, 2.75) is 155 Å². The number of carbonyl (C=O) groups is 5. The zero-order chi connectivity index (χ0) is 36.2. The van der Waals surface area contributed by atoms with Crippen molar-refractivity contribution < 1.29 is 61.6 Å². The molecule has 1 aliphatic carbocycles. The molecule has 0 bridgehead atoms. The third kappa shape index (κ3) is 10.9. The SMILES string of the molecule is CC(=O)O[C@H]1[C@@H](OC(C)=O)[C@@H](O[Si](C)(C)C(C)(C)C)[C@H](O[Si](C)(C)C(C)(C)C)[C@H](CO)[C@@H](OC(C)=O)[C@@H](OC(C)=O)[C@H]1OC(C)=O. The molecule has 0 heterocycles. The molecule has 13 nitrogen and oxygen atoms in total. The van der Waals surface area contributed by atoms with E-state index in [-0.39, 0.29) is 5.04 Å². The Morgan fingerprint density at radius 1 is 0.478 bits per heavy atom. The minimum absolute atomic E-state index is 0.379. The lowest BCUT2D eigenvalue weighted by molar-refractivity contribution is -0.241. The molecule has 1 saturated carbocycles. The fraction of sp³-hybridized carbons (Fsp3) is 0.839. The molecule has 0 aromatic rings. The minimum atomic E-state index is -2.83. The van der Waals surface area contributed by atoms with Crippen molar-refractivity contribution in [3.8, 4) is 0 Å². The summed E-state index contributed by atoms with van der Waals surface area (Å²) in [5.74, 6) is -5.29. The van der Waals surface area contributed by atoms with E-state index in [4.69, 9.17) is 32.5 Å². The number of hydrogen-bond acceptors (Lipinski definition) is 13. The van der Waals surface area contributed by atoms with Gasteiger partial charge in [-0.25, -0.2) is 0 Å². The van der Waals surface area contributed by atoms with E-state index < -0.39 is 107 Å². The highest BCUT2D eigenvalue weighted by atomic mass is 28.4. The van der Waals surface area contributed by atoms with Gasteiger partial charge in [0, 0.05) is 34.6 Å². The van der Waals surface area contributed by atoms with Gasteiger partial charge < -0.3 is 37.6 Å². The molecule has 0 radical (unpaired) electrons. The predicted octanol–water partition coefficient (Wildman–Crippen LogP) is 4.05. The zero-order valence-electron chi connectivity index (χ0n) is 30.2. The van der Waals surface area contributed by atoms with Crippen LogP contribution in [0.2, 0.25) is 36.3 Å². The van der Waals surface area contributed by atoms with Crippen molar-refractivity contribution >= 4 is 46.5 Å². The lowest BCUT2D eigenvalue weighted by Gasteiger charge is -2.52. The number of aliphatic hydroxyl groups excluding tert-OH is 1. The summed E-state index contributed by atoms with van der Waals surface area (Å²) in [4.78, 5) is 63.2. The second kappa shape index (κ2) is 15.7. The normalized spacial score (nSPS) is 27.8. The summed E-state index contributed by atoms with van der Waals surface area (Å²) in [6, 6.07) is 0. The number of carbonyl (C=O) groups excluding carboxylic acids is 5. The molecule has 0 unspecified atom stereocenters. The van der Waals surface area contributed by atoms with Gasteiger partial charge in [0.15, 0.2) is 41.1 Å². The summed E-state index contributed by atoms with van der Waals surface area (Å²) in [7, 11) is -5.63. The Bertz CT molecular complexity index is 1110. The van der Waals surface area contributed by atoms with Crippen molar-refractivity contribution in [1.29, 1.82) is 0 Å². The van der Waals surface area contributed by atoms with Crippen LogP contribution in [0.3, 0.4) is 0 Å². The second-order valence-corrected chi connectivity index (χ2v) is 24.4. The highest BCUT2D eigenvalue weighted by molar-refractivity contribution is 6.74. The molecule has 46 heavy (non-hydrogen) atoms. The monoisotopic (exact) mass is 692 g/mol. The molecule has 0 spiro atoms. The third-order valence-corrected chi connectivity index (χ3v) is 17.9. The van der Waals surface area contributed by atoms with E-state index >= 15 is 0 Å². The van der Waals surface area contributed by atoms with Gasteiger partial charge in [-0.2, -0.15) is 0 Å². The number of aliphatic hydroxyl groups is 1. The molecule has 0 aromatic carbocycles. The molecule has 0 aliphatic heterocycles. The standard InChI is InChI=1S/C31H56O13Si2/c1-17(33)38-23-22(16-32)24(43-45(12,13)30(6,7)8)29(44-46(14,15)31(9,10)11)28(42-21(5)37)27(41-20(4)36)26(40-19(3)35)25(23)39-18(2)34/h22-29,32H,16H2,1-15H3/t22-,23-,24-,25-,26-,27-,28-,29+/m1/s1. The van der Waals surface area contributed by atoms with Crippen molar-refractivity contribution in [3.05, 3.63) is 0 Å². The van der Waals surface area contributed by atoms with Crippen LogP contribution < -0.4 is 0 Å². The van der Waals surface area contributed by atoms with Crippen LogP contribution >= 0.6 is 0 Å². The molecule has 1 aliphatic rings. The summed E-state index contributed by atoms with van der Waals surface area (Å²) >= 11 is 0. The number of hydrogen-bond donors (Lipinski definition) is 1. The highest BCUT2D eigenvalue weighted by Crippen LogP contribution is 2.45. The molecular weight excluding hydrogens is 637 g/mol. The quantitative estimate of drug-likeness (QED) is 0.198. The number of rotatable bonds is 10. The summed E-state index contributed by atoms with van der Waals surface area (Å²) < 4.78 is 42.8. The maximum Gasteiger partial charge on any atom is 0.303 e. The smallest absolute Gasteiger partial charge is 0.303 e. The summed E-state index contributed by atoms with van der Waals surface area (Å²) in [6.45, 7) is 24.8. The summed E-state index contributed by atoms with van der Waals surface area (Å²) in [5, 5.41) is 10.3. The Balaban J connectivity index is 4.49. The average molecular weight is 693 g/mol. The van der Waals surface area contributed by atoms with Gasteiger partial charge in [-0.15, -0.1) is 0 Å². The Labute approximate surface area is 275 Å². The molecule has 15 heteroatoms. The predicted molar refractivity (Wildman–Crippen MR) is 172 cm³/mol. The first-order valence-electron chi connectivity index (χ1n) is 15.5. The van der Waals surface area contributed by atoms with Crippen LogP contribution in [0.1, 0.15) is 76.2 Å². The summed E-state index contributed by atoms with van der Waals surface area (Å²) in [6.07, 6.45) is -10.4. The maximum atomic E-state index is 12.8. The lowest BCUT2D eigenvalue weighted by atomic mass is 9.79. The first kappa shape index (κ1) is 41.7. The van der Waals surface area contributed by atoms with Crippen LogP contribution in [-0.4, -0.2) is 101 Å². The van der Waals surface area contributed by atoms with Crippen LogP contribution in [0.15, 0.2) is 0 Å². The zero-order valence-corrected chi connectivity index (χ0v) is 32.2. The molecule has 8 atom stereocenters. The molecule has 0 aromatic heterocycles. The Hall–Kier alpha value is -2.34. The van der Waals surface area contributed by atoms with E-state index in [1.807, 2.05) is 67.7 Å². The van der Waals surface area contributed by atoms with E-state index in [0.717, 1.165) is 34.6 Å². The van der Waals surface area contributed by atoms with E-state index in [0.29, 0.717) is 0 Å². The van der Waals surface area contributed by atoms with Crippen molar-refractivity contribution in [3.63, 3.8) is 0 Å². The van der Waals surface area contributed by atoms with Crippen molar-refractivity contribution in [2.24, 2.45) is 5.92 Å². The molecule has 1 N–H and O–H groups in total. The van der Waals surface area contributed by atoms with Crippen molar-refractivity contribution in [1.82, 2.24) is 0 Å².